The van der Waals surface area contributed by atoms with E-state index in [2.05, 4.69) is 4.74 Å². The first-order valence-electron chi connectivity index (χ1n) is 2.31. The van der Waals surface area contributed by atoms with Gasteiger partial charge in [-0.25, -0.2) is 0 Å². The fourth-order valence-corrected chi connectivity index (χ4v) is 0.239. The van der Waals surface area contributed by atoms with Crippen LogP contribution in [0.15, 0.2) is 0 Å². The molecule has 0 saturated heterocycles. The molecule has 0 aromatic rings. The Kier molecular flexibility index (Phi) is 3.97. The summed E-state index contributed by atoms with van der Waals surface area (Å²) in [6.07, 6.45) is -0.938. The lowest BCUT2D eigenvalue weighted by atomic mass is 10.5. The summed E-state index contributed by atoms with van der Waals surface area (Å²) in [6, 6.07) is 0. The lowest BCUT2D eigenvalue weighted by Crippen LogP contribution is -2.06. The van der Waals surface area contributed by atoms with E-state index in [4.69, 9.17) is 5.73 Å². The van der Waals surface area contributed by atoms with Crippen LogP contribution in [0.25, 0.3) is 0 Å². The minimum Gasteiger partial charge on any atom is -0.432 e. The van der Waals surface area contributed by atoms with Crippen molar-refractivity contribution in [2.45, 2.75) is 6.42 Å². The fraction of sp³-hybridized carbons (Fsp3) is 0.750. The molecule has 0 aromatic heterocycles. The van der Waals surface area contributed by atoms with E-state index in [1.807, 2.05) is 0 Å². The van der Waals surface area contributed by atoms with E-state index in [-0.39, 0.29) is 6.61 Å². The van der Waals surface area contributed by atoms with Gasteiger partial charge >= 0.3 is 6.16 Å². The van der Waals surface area contributed by atoms with Gasteiger partial charge in [0.25, 0.3) is 0 Å². The number of rotatable bonds is 3. The van der Waals surface area contributed by atoms with Crippen molar-refractivity contribution in [1.29, 1.82) is 0 Å². The Labute approximate surface area is 47.2 Å². The Balaban J connectivity index is 2.82. The predicted molar refractivity (Wildman–Crippen MR) is 25.7 cm³/mol. The van der Waals surface area contributed by atoms with Crippen LogP contribution < -0.4 is 5.73 Å². The summed E-state index contributed by atoms with van der Waals surface area (Å²) >= 11 is 0. The van der Waals surface area contributed by atoms with Crippen LogP contribution in [0.3, 0.4) is 0 Å². The summed E-state index contributed by atoms with van der Waals surface area (Å²) < 4.78 is 4.01. The SMILES string of the molecule is NCCCOC([O])=O. The zero-order valence-corrected chi connectivity index (χ0v) is 4.42. The van der Waals surface area contributed by atoms with E-state index in [0.29, 0.717) is 13.0 Å². The summed E-state index contributed by atoms with van der Waals surface area (Å²) in [6.45, 7) is 0.576. The maximum absolute atomic E-state index is 9.50. The summed E-state index contributed by atoms with van der Waals surface area (Å²) in [5.74, 6) is 0. The summed E-state index contributed by atoms with van der Waals surface area (Å²) in [4.78, 5) is 9.50. The largest absolute Gasteiger partial charge is 0.549 e. The zero-order chi connectivity index (χ0) is 6.41. The third-order valence-electron chi connectivity index (χ3n) is 0.568. The van der Waals surface area contributed by atoms with Gasteiger partial charge in [-0.2, -0.15) is 9.90 Å². The van der Waals surface area contributed by atoms with Gasteiger partial charge in [-0.3, -0.25) is 0 Å². The lowest BCUT2D eigenvalue weighted by molar-refractivity contribution is 0.0675. The molecular formula is C4H8NO3. The summed E-state index contributed by atoms with van der Waals surface area (Å²) in [7, 11) is 0. The smallest absolute Gasteiger partial charge is 0.432 e. The number of ether oxygens (including phenoxy) is 1. The van der Waals surface area contributed by atoms with Crippen LogP contribution in [0.5, 0.6) is 0 Å². The third-order valence-corrected chi connectivity index (χ3v) is 0.568. The van der Waals surface area contributed by atoms with Gasteiger partial charge in [-0.05, 0) is 13.0 Å². The first-order chi connectivity index (χ1) is 3.77. The molecule has 0 amide bonds. The highest BCUT2D eigenvalue weighted by Crippen LogP contribution is 1.79. The number of hydrogen-bond donors (Lipinski definition) is 1. The Hall–Kier alpha value is -0.770. The molecule has 2 N–H and O–H groups in total. The number of hydrogen-bond acceptors (Lipinski definition) is 3. The van der Waals surface area contributed by atoms with Gasteiger partial charge in [0.15, 0.2) is 0 Å². The minimum atomic E-state index is -1.49. The van der Waals surface area contributed by atoms with Crippen molar-refractivity contribution < 1.29 is 14.6 Å². The summed E-state index contributed by atoms with van der Waals surface area (Å²) in [5.41, 5.74) is 5.02. The van der Waals surface area contributed by atoms with Crippen molar-refractivity contribution >= 4 is 6.16 Å². The van der Waals surface area contributed by atoms with Crippen molar-refractivity contribution in [3.8, 4) is 0 Å². The molecule has 0 bridgehead atoms. The molecule has 0 rings (SSSR count). The molecule has 0 aromatic carbocycles. The maximum atomic E-state index is 9.50. The second-order valence-electron chi connectivity index (χ2n) is 1.24. The van der Waals surface area contributed by atoms with Crippen LogP contribution in [0.4, 0.5) is 4.79 Å². The van der Waals surface area contributed by atoms with Crippen LogP contribution in [0, 0.1) is 0 Å². The van der Waals surface area contributed by atoms with E-state index in [9.17, 15) is 9.90 Å². The Morgan fingerprint density at radius 3 is 2.62 bits per heavy atom. The molecule has 47 valence electrons. The van der Waals surface area contributed by atoms with Crippen LogP contribution in [-0.2, 0) is 9.84 Å². The van der Waals surface area contributed by atoms with Crippen LogP contribution >= 0.6 is 0 Å². The van der Waals surface area contributed by atoms with Crippen LogP contribution in [-0.4, -0.2) is 19.3 Å². The van der Waals surface area contributed by atoms with E-state index in [1.165, 1.54) is 0 Å². The highest BCUT2D eigenvalue weighted by Gasteiger charge is 1.95. The van der Waals surface area contributed by atoms with Crippen molar-refractivity contribution in [2.75, 3.05) is 13.2 Å². The number of carbonyl (C=O) groups excluding carboxylic acids is 1. The van der Waals surface area contributed by atoms with E-state index in [0.717, 1.165) is 0 Å². The molecule has 4 nitrogen and oxygen atoms in total. The molecule has 0 heterocycles. The Bertz CT molecular complexity index is 73.7. The van der Waals surface area contributed by atoms with Gasteiger partial charge in [0.1, 0.15) is 0 Å². The zero-order valence-electron chi connectivity index (χ0n) is 4.42. The fourth-order valence-electron chi connectivity index (χ4n) is 0.239. The van der Waals surface area contributed by atoms with Gasteiger partial charge in [0, 0.05) is 0 Å². The molecule has 0 atom stereocenters. The Morgan fingerprint density at radius 1 is 1.62 bits per heavy atom. The van der Waals surface area contributed by atoms with E-state index < -0.39 is 6.16 Å². The predicted octanol–water partition coefficient (Wildman–Crippen LogP) is -0.0977. The molecule has 0 unspecified atom stereocenters. The highest BCUT2D eigenvalue weighted by atomic mass is 16.7. The molecule has 8 heavy (non-hydrogen) atoms. The van der Waals surface area contributed by atoms with Gasteiger partial charge in [0.05, 0.1) is 6.61 Å². The van der Waals surface area contributed by atoms with Gasteiger partial charge < -0.3 is 10.5 Å². The minimum absolute atomic E-state index is 0.138. The maximum Gasteiger partial charge on any atom is 0.549 e. The molecule has 1 radical (unpaired) electrons. The van der Waals surface area contributed by atoms with Crippen molar-refractivity contribution in [2.24, 2.45) is 5.73 Å². The molecule has 0 aliphatic heterocycles. The van der Waals surface area contributed by atoms with Crippen molar-refractivity contribution in [1.82, 2.24) is 0 Å². The highest BCUT2D eigenvalue weighted by molar-refractivity contribution is 5.56. The van der Waals surface area contributed by atoms with Crippen LogP contribution in [0.1, 0.15) is 6.42 Å². The first kappa shape index (κ1) is 7.23. The normalized spacial score (nSPS) is 8.62. The molecule has 0 spiro atoms. The first-order valence-corrected chi connectivity index (χ1v) is 2.31. The third kappa shape index (κ3) is 5.23. The molecule has 0 saturated carbocycles. The second kappa shape index (κ2) is 4.39. The van der Waals surface area contributed by atoms with Crippen molar-refractivity contribution in [3.05, 3.63) is 0 Å². The van der Waals surface area contributed by atoms with Gasteiger partial charge in [-0.15, -0.1) is 0 Å². The average Bonchev–Trinajstić information content (AvgIpc) is 1.66. The van der Waals surface area contributed by atoms with Gasteiger partial charge in [-0.1, -0.05) is 0 Å². The molecule has 0 aliphatic rings. The second-order valence-corrected chi connectivity index (χ2v) is 1.24. The molecular weight excluding hydrogens is 110 g/mol. The standard InChI is InChI=1S/C4H8NO3/c5-2-1-3-8-4(6)7/h1-3,5H2. The Morgan fingerprint density at radius 2 is 2.25 bits per heavy atom. The van der Waals surface area contributed by atoms with E-state index >= 15 is 0 Å². The number of nitrogens with two attached hydrogens (primary N) is 1. The lowest BCUT2D eigenvalue weighted by Gasteiger charge is -1.92. The van der Waals surface area contributed by atoms with Crippen molar-refractivity contribution in [3.63, 3.8) is 0 Å². The average molecular weight is 118 g/mol. The number of carbonyl (C=O) groups is 1. The van der Waals surface area contributed by atoms with E-state index in [1.54, 1.807) is 0 Å². The summed E-state index contributed by atoms with van der Waals surface area (Å²) in [5, 5.41) is 9.50. The molecule has 0 fully saturated rings. The molecule has 4 heteroatoms. The molecule has 0 aliphatic carbocycles. The quantitative estimate of drug-likeness (QED) is 0.415. The topological polar surface area (TPSA) is 72.2 Å². The monoisotopic (exact) mass is 118 g/mol. The van der Waals surface area contributed by atoms with Gasteiger partial charge in [0.2, 0.25) is 0 Å². The van der Waals surface area contributed by atoms with Crippen LogP contribution in [0.2, 0.25) is 0 Å².